The van der Waals surface area contributed by atoms with Gasteiger partial charge >= 0.3 is 5.97 Å². The molecule has 0 aromatic carbocycles. The van der Waals surface area contributed by atoms with Crippen LogP contribution in [0.4, 0.5) is 0 Å². The highest BCUT2D eigenvalue weighted by Crippen LogP contribution is 2.26. The van der Waals surface area contributed by atoms with E-state index in [2.05, 4.69) is 0 Å². The van der Waals surface area contributed by atoms with Crippen LogP contribution in [0, 0.1) is 5.41 Å². The lowest BCUT2D eigenvalue weighted by Gasteiger charge is -2.30. The molecular formula is C13H23NO3. The third kappa shape index (κ3) is 3.45. The highest BCUT2D eigenvalue weighted by Gasteiger charge is 2.39. The van der Waals surface area contributed by atoms with Crippen molar-refractivity contribution in [1.29, 1.82) is 0 Å². The summed E-state index contributed by atoms with van der Waals surface area (Å²) in [5.74, 6) is -0.240. The van der Waals surface area contributed by atoms with Crippen LogP contribution >= 0.6 is 0 Å². The molecular weight excluding hydrogens is 218 g/mol. The van der Waals surface area contributed by atoms with Gasteiger partial charge in [-0.05, 0) is 26.7 Å². The van der Waals surface area contributed by atoms with Crippen LogP contribution in [0.3, 0.4) is 0 Å². The summed E-state index contributed by atoms with van der Waals surface area (Å²) < 4.78 is 5.19. The number of hydrogen-bond donors (Lipinski definition) is 0. The molecule has 0 N–H and O–H groups in total. The first-order valence-electron chi connectivity index (χ1n) is 6.25. The fourth-order valence-electron chi connectivity index (χ4n) is 2.00. The molecule has 1 rings (SSSR count). The number of likely N-dealkylation sites (tertiary alicyclic amines) is 1. The summed E-state index contributed by atoms with van der Waals surface area (Å²) in [6, 6.07) is -0.385. The van der Waals surface area contributed by atoms with E-state index in [1.807, 2.05) is 34.6 Å². The molecule has 0 saturated carbocycles. The standard InChI is InChI=1S/C13H23NO3/c1-9(2)17-11(15)10-7-6-8-14(10)12(16)13(3,4)5/h9-10H,6-8H2,1-5H3. The van der Waals surface area contributed by atoms with Gasteiger partial charge in [-0.15, -0.1) is 0 Å². The summed E-state index contributed by atoms with van der Waals surface area (Å²) in [7, 11) is 0. The van der Waals surface area contributed by atoms with Crippen molar-refractivity contribution >= 4 is 11.9 Å². The van der Waals surface area contributed by atoms with Gasteiger partial charge in [0, 0.05) is 12.0 Å². The predicted molar refractivity (Wildman–Crippen MR) is 65.4 cm³/mol. The highest BCUT2D eigenvalue weighted by molar-refractivity contribution is 5.88. The van der Waals surface area contributed by atoms with Gasteiger partial charge in [0.15, 0.2) is 0 Å². The van der Waals surface area contributed by atoms with Gasteiger partial charge in [-0.1, -0.05) is 20.8 Å². The monoisotopic (exact) mass is 241 g/mol. The molecule has 1 aliphatic rings. The number of rotatable bonds is 2. The summed E-state index contributed by atoms with van der Waals surface area (Å²) in [5, 5.41) is 0. The molecule has 1 heterocycles. The quantitative estimate of drug-likeness (QED) is 0.694. The minimum atomic E-state index is -0.444. The summed E-state index contributed by atoms with van der Waals surface area (Å²) in [5.41, 5.74) is -0.444. The fraction of sp³-hybridized carbons (Fsp3) is 0.846. The molecule has 98 valence electrons. The van der Waals surface area contributed by atoms with Crippen molar-refractivity contribution in [3.05, 3.63) is 0 Å². The SMILES string of the molecule is CC(C)OC(=O)C1CCCN1C(=O)C(C)(C)C. The Bertz CT molecular complexity index is 304. The number of esters is 1. The molecule has 4 heteroatoms. The highest BCUT2D eigenvalue weighted by atomic mass is 16.5. The largest absolute Gasteiger partial charge is 0.461 e. The Hall–Kier alpha value is -1.06. The van der Waals surface area contributed by atoms with E-state index >= 15 is 0 Å². The molecule has 0 aromatic rings. The van der Waals surface area contributed by atoms with E-state index in [0.29, 0.717) is 13.0 Å². The van der Waals surface area contributed by atoms with Crippen LogP contribution in [0.1, 0.15) is 47.5 Å². The van der Waals surface area contributed by atoms with Gasteiger partial charge in [-0.25, -0.2) is 4.79 Å². The average molecular weight is 241 g/mol. The van der Waals surface area contributed by atoms with Crippen LogP contribution in [0.25, 0.3) is 0 Å². The number of carbonyl (C=O) groups is 2. The van der Waals surface area contributed by atoms with Crippen molar-refractivity contribution in [3.63, 3.8) is 0 Å². The van der Waals surface area contributed by atoms with Crippen LogP contribution in [0.5, 0.6) is 0 Å². The maximum Gasteiger partial charge on any atom is 0.329 e. The van der Waals surface area contributed by atoms with E-state index in [-0.39, 0.29) is 24.0 Å². The topological polar surface area (TPSA) is 46.6 Å². The first kappa shape index (κ1) is 14.0. The van der Waals surface area contributed by atoms with Gasteiger partial charge < -0.3 is 9.64 Å². The molecule has 17 heavy (non-hydrogen) atoms. The van der Waals surface area contributed by atoms with Crippen molar-refractivity contribution < 1.29 is 14.3 Å². The Balaban J connectivity index is 2.73. The summed E-state index contributed by atoms with van der Waals surface area (Å²) in [4.78, 5) is 25.7. The molecule has 1 fully saturated rings. The lowest BCUT2D eigenvalue weighted by Crippen LogP contribution is -2.46. The Morgan fingerprint density at radius 1 is 1.29 bits per heavy atom. The van der Waals surface area contributed by atoms with Gasteiger partial charge in [-0.2, -0.15) is 0 Å². The van der Waals surface area contributed by atoms with Crippen LogP contribution in [-0.2, 0) is 14.3 Å². The minimum Gasteiger partial charge on any atom is -0.461 e. The third-order valence-corrected chi connectivity index (χ3v) is 2.78. The van der Waals surface area contributed by atoms with Crippen LogP contribution in [-0.4, -0.2) is 35.5 Å². The second-order valence-electron chi connectivity index (χ2n) is 5.89. The van der Waals surface area contributed by atoms with Crippen LogP contribution < -0.4 is 0 Å². The Morgan fingerprint density at radius 2 is 1.88 bits per heavy atom. The van der Waals surface area contributed by atoms with Crippen molar-refractivity contribution in [2.24, 2.45) is 5.41 Å². The number of ether oxygens (including phenoxy) is 1. The molecule has 1 saturated heterocycles. The van der Waals surface area contributed by atoms with Crippen LogP contribution in [0.15, 0.2) is 0 Å². The number of amides is 1. The first-order chi connectivity index (χ1) is 7.73. The fourth-order valence-corrected chi connectivity index (χ4v) is 2.00. The molecule has 0 aromatic heterocycles. The van der Waals surface area contributed by atoms with E-state index in [4.69, 9.17) is 4.74 Å². The molecule has 1 atom stereocenters. The lowest BCUT2D eigenvalue weighted by molar-refractivity contribution is -0.158. The first-order valence-corrected chi connectivity index (χ1v) is 6.25. The molecule has 4 nitrogen and oxygen atoms in total. The zero-order valence-electron chi connectivity index (χ0n) is 11.4. The van der Waals surface area contributed by atoms with E-state index in [1.165, 1.54) is 0 Å². The van der Waals surface area contributed by atoms with E-state index in [9.17, 15) is 9.59 Å². The van der Waals surface area contributed by atoms with Crippen molar-refractivity contribution in [1.82, 2.24) is 4.90 Å². The molecule has 1 aliphatic heterocycles. The molecule has 0 bridgehead atoms. The normalized spacial score (nSPS) is 20.8. The predicted octanol–water partition coefficient (Wildman–Crippen LogP) is 1.98. The number of carbonyl (C=O) groups excluding carboxylic acids is 2. The molecule has 1 amide bonds. The Kier molecular flexibility index (Phi) is 4.17. The smallest absolute Gasteiger partial charge is 0.329 e. The summed E-state index contributed by atoms with van der Waals surface area (Å²) in [6.45, 7) is 9.93. The van der Waals surface area contributed by atoms with Gasteiger partial charge in [0.05, 0.1) is 6.10 Å². The van der Waals surface area contributed by atoms with Gasteiger partial charge in [0.2, 0.25) is 5.91 Å². The number of nitrogens with zero attached hydrogens (tertiary/aromatic N) is 1. The van der Waals surface area contributed by atoms with E-state index < -0.39 is 5.41 Å². The maximum absolute atomic E-state index is 12.2. The average Bonchev–Trinajstić information content (AvgIpc) is 2.61. The van der Waals surface area contributed by atoms with E-state index in [1.54, 1.807) is 4.90 Å². The summed E-state index contributed by atoms with van der Waals surface area (Å²) >= 11 is 0. The summed E-state index contributed by atoms with van der Waals surface area (Å²) in [6.07, 6.45) is 1.46. The molecule has 0 radical (unpaired) electrons. The molecule has 0 spiro atoms. The molecule has 1 unspecified atom stereocenters. The third-order valence-electron chi connectivity index (χ3n) is 2.78. The minimum absolute atomic E-state index is 0.0284. The maximum atomic E-state index is 12.2. The Labute approximate surface area is 103 Å². The second kappa shape index (κ2) is 5.07. The van der Waals surface area contributed by atoms with Crippen molar-refractivity contribution in [3.8, 4) is 0 Å². The Morgan fingerprint density at radius 3 is 2.35 bits per heavy atom. The zero-order valence-corrected chi connectivity index (χ0v) is 11.4. The number of hydrogen-bond acceptors (Lipinski definition) is 3. The lowest BCUT2D eigenvalue weighted by atomic mass is 9.94. The van der Waals surface area contributed by atoms with Crippen molar-refractivity contribution in [2.75, 3.05) is 6.54 Å². The van der Waals surface area contributed by atoms with Crippen molar-refractivity contribution in [2.45, 2.75) is 59.6 Å². The van der Waals surface area contributed by atoms with Gasteiger partial charge in [0.25, 0.3) is 0 Å². The zero-order chi connectivity index (χ0) is 13.2. The van der Waals surface area contributed by atoms with Gasteiger partial charge in [-0.3, -0.25) is 4.79 Å². The van der Waals surface area contributed by atoms with Gasteiger partial charge in [0.1, 0.15) is 6.04 Å². The molecule has 0 aliphatic carbocycles. The second-order valence-corrected chi connectivity index (χ2v) is 5.89. The van der Waals surface area contributed by atoms with Crippen LogP contribution in [0.2, 0.25) is 0 Å². The van der Waals surface area contributed by atoms with E-state index in [0.717, 1.165) is 6.42 Å².